The molecule has 2 rings (SSSR count). The summed E-state index contributed by atoms with van der Waals surface area (Å²) >= 11 is 0. The molecule has 0 saturated heterocycles. The lowest BCUT2D eigenvalue weighted by atomic mass is 9.80. The standard InChI is InChI=1S/C39H64/c1-8-14-20-32-27-34(22-16-10-3)37(24-18-12-5)36(29-32)26-31(7)39-30-33(21-15-9-2)28-35(23-17-11-4)38(39)25-19-13-6/h27-31H,8-26H2,1-7H3. The molecule has 0 N–H and O–H groups in total. The molecule has 2 aromatic rings. The Morgan fingerprint density at radius 3 is 1.33 bits per heavy atom. The van der Waals surface area contributed by atoms with Gasteiger partial charge in [-0.05, 0) is 134 Å². The van der Waals surface area contributed by atoms with Gasteiger partial charge >= 0.3 is 0 Å². The van der Waals surface area contributed by atoms with Crippen LogP contribution in [0.25, 0.3) is 0 Å². The minimum Gasteiger partial charge on any atom is -0.0654 e. The smallest absolute Gasteiger partial charge is 0.0147 e. The predicted octanol–water partition coefficient (Wildman–Crippen LogP) is 12.1. The molecule has 0 aliphatic carbocycles. The van der Waals surface area contributed by atoms with Gasteiger partial charge in [0.05, 0.1) is 0 Å². The molecule has 0 aliphatic heterocycles. The summed E-state index contributed by atoms with van der Waals surface area (Å²) in [6.45, 7) is 16.6. The molecule has 0 heteroatoms. The molecule has 0 heterocycles. The predicted molar refractivity (Wildman–Crippen MR) is 177 cm³/mol. The fourth-order valence-electron chi connectivity index (χ4n) is 6.32. The minimum absolute atomic E-state index is 0.569. The van der Waals surface area contributed by atoms with Crippen LogP contribution in [0.5, 0.6) is 0 Å². The van der Waals surface area contributed by atoms with Crippen LogP contribution >= 0.6 is 0 Å². The van der Waals surface area contributed by atoms with Gasteiger partial charge in [0.2, 0.25) is 0 Å². The van der Waals surface area contributed by atoms with E-state index < -0.39 is 0 Å². The minimum atomic E-state index is 0.569. The van der Waals surface area contributed by atoms with Crippen molar-refractivity contribution in [2.24, 2.45) is 0 Å². The van der Waals surface area contributed by atoms with Crippen LogP contribution in [0.1, 0.15) is 176 Å². The molecule has 0 aliphatic rings. The molecular weight excluding hydrogens is 468 g/mol. The number of rotatable bonds is 21. The van der Waals surface area contributed by atoms with E-state index in [0.717, 1.165) is 0 Å². The summed E-state index contributed by atoms with van der Waals surface area (Å²) in [7, 11) is 0. The van der Waals surface area contributed by atoms with Gasteiger partial charge in [0.1, 0.15) is 0 Å². The zero-order valence-electron chi connectivity index (χ0n) is 27.3. The second-order valence-electron chi connectivity index (χ2n) is 12.4. The number of benzene rings is 2. The van der Waals surface area contributed by atoms with Crippen molar-refractivity contribution in [3.05, 3.63) is 68.8 Å². The van der Waals surface area contributed by atoms with Gasteiger partial charge in [-0.2, -0.15) is 0 Å². The Balaban J connectivity index is 2.58. The highest BCUT2D eigenvalue weighted by atomic mass is 14.2. The first-order chi connectivity index (χ1) is 19.0. The van der Waals surface area contributed by atoms with Crippen LogP contribution < -0.4 is 0 Å². The first-order valence-electron chi connectivity index (χ1n) is 17.3. The van der Waals surface area contributed by atoms with E-state index in [1.165, 1.54) is 122 Å². The van der Waals surface area contributed by atoms with Gasteiger partial charge in [-0.15, -0.1) is 0 Å². The van der Waals surface area contributed by atoms with E-state index in [2.05, 4.69) is 72.7 Å². The monoisotopic (exact) mass is 533 g/mol. The number of unbranched alkanes of at least 4 members (excludes halogenated alkanes) is 6. The van der Waals surface area contributed by atoms with Crippen LogP contribution in [-0.2, 0) is 44.9 Å². The van der Waals surface area contributed by atoms with Gasteiger partial charge in [0.25, 0.3) is 0 Å². The maximum atomic E-state index is 2.64. The number of hydrogen-bond donors (Lipinski definition) is 0. The quantitative estimate of drug-likeness (QED) is 0.150. The van der Waals surface area contributed by atoms with Crippen molar-refractivity contribution in [2.45, 2.75) is 176 Å². The molecule has 1 atom stereocenters. The van der Waals surface area contributed by atoms with E-state index >= 15 is 0 Å². The van der Waals surface area contributed by atoms with E-state index in [0.29, 0.717) is 5.92 Å². The average molecular weight is 533 g/mol. The number of hydrogen-bond acceptors (Lipinski definition) is 0. The Labute approximate surface area is 244 Å². The zero-order chi connectivity index (χ0) is 28.5. The molecule has 0 aromatic heterocycles. The second kappa shape index (κ2) is 19.5. The van der Waals surface area contributed by atoms with Gasteiger partial charge in [0, 0.05) is 0 Å². The SMILES string of the molecule is CCCCc1cc(CCCC)c(CCCC)c(CC(C)c2cc(CCCC)cc(CCCC)c2CCCC)c1. The third kappa shape index (κ3) is 11.1. The van der Waals surface area contributed by atoms with Crippen molar-refractivity contribution >= 4 is 0 Å². The third-order valence-electron chi connectivity index (χ3n) is 8.79. The zero-order valence-corrected chi connectivity index (χ0v) is 27.3. The second-order valence-corrected chi connectivity index (χ2v) is 12.4. The van der Waals surface area contributed by atoms with Crippen molar-refractivity contribution in [3.8, 4) is 0 Å². The molecule has 0 fully saturated rings. The fraction of sp³-hybridized carbons (Fsp3) is 0.692. The normalized spacial score (nSPS) is 12.3. The maximum Gasteiger partial charge on any atom is -0.0147 e. The molecule has 39 heavy (non-hydrogen) atoms. The molecular formula is C39H64. The Hall–Kier alpha value is -1.56. The summed E-state index contributed by atoms with van der Waals surface area (Å²) in [6, 6.07) is 10.5. The van der Waals surface area contributed by atoms with Crippen molar-refractivity contribution in [1.29, 1.82) is 0 Å². The highest BCUT2D eigenvalue weighted by Crippen LogP contribution is 2.33. The van der Waals surface area contributed by atoms with Gasteiger partial charge in [0.15, 0.2) is 0 Å². The molecule has 0 amide bonds. The molecule has 220 valence electrons. The van der Waals surface area contributed by atoms with Crippen LogP contribution in [0, 0.1) is 0 Å². The summed E-state index contributed by atoms with van der Waals surface area (Å²) in [6.07, 6.45) is 24.2. The van der Waals surface area contributed by atoms with E-state index in [4.69, 9.17) is 0 Å². The lowest BCUT2D eigenvalue weighted by Crippen LogP contribution is -2.11. The summed E-state index contributed by atoms with van der Waals surface area (Å²) in [5.74, 6) is 0.569. The van der Waals surface area contributed by atoms with Crippen LogP contribution in [0.15, 0.2) is 24.3 Å². The molecule has 0 radical (unpaired) electrons. The first kappa shape index (κ1) is 33.6. The number of aryl methyl sites for hydroxylation is 4. The largest absolute Gasteiger partial charge is 0.0654 e. The molecule has 1 unspecified atom stereocenters. The van der Waals surface area contributed by atoms with Crippen LogP contribution in [-0.4, -0.2) is 0 Å². The van der Waals surface area contributed by atoms with E-state index in [9.17, 15) is 0 Å². The van der Waals surface area contributed by atoms with Gasteiger partial charge in [-0.25, -0.2) is 0 Å². The average Bonchev–Trinajstić information content (AvgIpc) is 2.95. The molecule has 0 spiro atoms. The Morgan fingerprint density at radius 1 is 0.436 bits per heavy atom. The molecule has 0 nitrogen and oxygen atoms in total. The van der Waals surface area contributed by atoms with Crippen molar-refractivity contribution < 1.29 is 0 Å². The summed E-state index contributed by atoms with van der Waals surface area (Å²) < 4.78 is 0. The van der Waals surface area contributed by atoms with E-state index in [-0.39, 0.29) is 0 Å². The molecule has 2 aromatic carbocycles. The Bertz CT molecular complexity index is 934. The lowest BCUT2D eigenvalue weighted by Gasteiger charge is -2.24. The van der Waals surface area contributed by atoms with Gasteiger partial charge < -0.3 is 0 Å². The lowest BCUT2D eigenvalue weighted by molar-refractivity contribution is 0.691. The Morgan fingerprint density at radius 2 is 0.821 bits per heavy atom. The highest BCUT2D eigenvalue weighted by molar-refractivity contribution is 5.45. The van der Waals surface area contributed by atoms with E-state index in [1.54, 1.807) is 44.5 Å². The van der Waals surface area contributed by atoms with Gasteiger partial charge in [-0.1, -0.05) is 111 Å². The summed E-state index contributed by atoms with van der Waals surface area (Å²) in [5.41, 5.74) is 13.3. The topological polar surface area (TPSA) is 0 Å². The van der Waals surface area contributed by atoms with Crippen LogP contribution in [0.4, 0.5) is 0 Å². The summed E-state index contributed by atoms with van der Waals surface area (Å²) in [5, 5.41) is 0. The maximum absolute atomic E-state index is 2.64. The summed E-state index contributed by atoms with van der Waals surface area (Å²) in [4.78, 5) is 0. The van der Waals surface area contributed by atoms with Crippen molar-refractivity contribution in [1.82, 2.24) is 0 Å². The van der Waals surface area contributed by atoms with Crippen LogP contribution in [0.2, 0.25) is 0 Å². The molecule has 0 saturated carbocycles. The first-order valence-corrected chi connectivity index (χ1v) is 17.3. The van der Waals surface area contributed by atoms with Crippen molar-refractivity contribution in [3.63, 3.8) is 0 Å². The highest BCUT2D eigenvalue weighted by Gasteiger charge is 2.19. The third-order valence-corrected chi connectivity index (χ3v) is 8.79. The Kier molecular flexibility index (Phi) is 16.8. The van der Waals surface area contributed by atoms with Crippen LogP contribution in [0.3, 0.4) is 0 Å². The van der Waals surface area contributed by atoms with Crippen molar-refractivity contribution in [2.75, 3.05) is 0 Å². The van der Waals surface area contributed by atoms with E-state index in [1.807, 2.05) is 0 Å². The van der Waals surface area contributed by atoms with Gasteiger partial charge in [-0.3, -0.25) is 0 Å². The molecule has 0 bridgehead atoms. The fourth-order valence-corrected chi connectivity index (χ4v) is 6.32.